The molecule has 1 aliphatic heterocycles. The van der Waals surface area contributed by atoms with Gasteiger partial charge in [-0.3, -0.25) is 0 Å². The van der Waals surface area contributed by atoms with Crippen LogP contribution in [0, 0.1) is 0 Å². The smallest absolute Gasteiger partial charge is 0.107 e. The second kappa shape index (κ2) is 2.88. The number of hydrogen-bond acceptors (Lipinski definition) is 2. The van der Waals surface area contributed by atoms with E-state index < -0.39 is 0 Å². The van der Waals surface area contributed by atoms with Gasteiger partial charge < -0.3 is 10.5 Å². The topological polar surface area (TPSA) is 35.2 Å². The van der Waals surface area contributed by atoms with Crippen LogP contribution < -0.4 is 5.73 Å². The van der Waals surface area contributed by atoms with Crippen LogP contribution in [-0.4, -0.2) is 13.2 Å². The lowest BCUT2D eigenvalue weighted by Gasteiger charge is -2.41. The van der Waals surface area contributed by atoms with Crippen LogP contribution in [0.25, 0.3) is 0 Å². The van der Waals surface area contributed by atoms with Crippen LogP contribution in [0.15, 0.2) is 30.3 Å². The Bertz CT molecular complexity index is 248. The molecule has 1 aliphatic rings. The van der Waals surface area contributed by atoms with Crippen molar-refractivity contribution in [3.63, 3.8) is 0 Å². The molecule has 1 heterocycles. The zero-order valence-corrected chi connectivity index (χ0v) is 6.99. The summed E-state index contributed by atoms with van der Waals surface area (Å²) >= 11 is 0. The third-order valence-electron chi connectivity index (χ3n) is 2.51. The molecule has 64 valence electrons. The van der Waals surface area contributed by atoms with E-state index in [4.69, 9.17) is 10.5 Å². The first-order valence-electron chi connectivity index (χ1n) is 4.27. The van der Waals surface area contributed by atoms with E-state index in [1.54, 1.807) is 0 Å². The molecular formula is C10H13NO. The van der Waals surface area contributed by atoms with E-state index in [9.17, 15) is 0 Å². The summed E-state index contributed by atoms with van der Waals surface area (Å²) in [5.74, 6) is 0. The van der Waals surface area contributed by atoms with Gasteiger partial charge in [0.15, 0.2) is 0 Å². The Morgan fingerprint density at radius 2 is 2.00 bits per heavy atom. The Balaban J connectivity index is 2.28. The summed E-state index contributed by atoms with van der Waals surface area (Å²) in [6.07, 6.45) is 1.05. The molecule has 2 N–H and O–H groups in total. The van der Waals surface area contributed by atoms with Crippen LogP contribution in [0.4, 0.5) is 0 Å². The van der Waals surface area contributed by atoms with Gasteiger partial charge in [0, 0.05) is 13.0 Å². The number of hydrogen-bond donors (Lipinski definition) is 1. The molecule has 1 fully saturated rings. The van der Waals surface area contributed by atoms with Gasteiger partial charge in [-0.15, -0.1) is 0 Å². The number of benzene rings is 1. The largest absolute Gasteiger partial charge is 0.369 e. The van der Waals surface area contributed by atoms with Crippen molar-refractivity contribution in [3.8, 4) is 0 Å². The van der Waals surface area contributed by atoms with E-state index in [2.05, 4.69) is 12.1 Å². The summed E-state index contributed by atoms with van der Waals surface area (Å²) < 4.78 is 5.53. The van der Waals surface area contributed by atoms with Gasteiger partial charge in [-0.05, 0) is 5.56 Å². The zero-order chi connectivity index (χ0) is 8.44. The maximum absolute atomic E-state index is 5.68. The summed E-state index contributed by atoms with van der Waals surface area (Å²) in [6, 6.07) is 10.2. The lowest BCUT2D eigenvalue weighted by atomic mass is 9.87. The van der Waals surface area contributed by atoms with Crippen LogP contribution in [0.2, 0.25) is 0 Å². The molecule has 0 saturated carbocycles. The number of ether oxygens (including phenoxy) is 1. The molecule has 2 heteroatoms. The standard InChI is InChI=1S/C10H13NO/c11-8-10(6-7-12-10)9-4-2-1-3-5-9/h1-5H,6-8,11H2/t10-/m1/s1. The molecule has 0 aliphatic carbocycles. The molecule has 1 aromatic carbocycles. The second-order valence-electron chi connectivity index (χ2n) is 3.16. The minimum absolute atomic E-state index is 0.165. The van der Waals surface area contributed by atoms with Crippen molar-refractivity contribution in [1.29, 1.82) is 0 Å². The molecule has 2 nitrogen and oxygen atoms in total. The Kier molecular flexibility index (Phi) is 1.87. The van der Waals surface area contributed by atoms with Crippen molar-refractivity contribution in [1.82, 2.24) is 0 Å². The Hall–Kier alpha value is -0.860. The Morgan fingerprint density at radius 1 is 1.33 bits per heavy atom. The molecule has 2 rings (SSSR count). The lowest BCUT2D eigenvalue weighted by molar-refractivity contribution is -0.146. The summed E-state index contributed by atoms with van der Waals surface area (Å²) in [7, 11) is 0. The van der Waals surface area contributed by atoms with Crippen LogP contribution in [-0.2, 0) is 10.3 Å². The molecule has 1 atom stereocenters. The molecular weight excluding hydrogens is 150 g/mol. The minimum Gasteiger partial charge on any atom is -0.369 e. The second-order valence-corrected chi connectivity index (χ2v) is 3.16. The fourth-order valence-corrected chi connectivity index (χ4v) is 1.60. The molecule has 0 spiro atoms. The Labute approximate surface area is 72.3 Å². The lowest BCUT2D eigenvalue weighted by Crippen LogP contribution is -2.46. The molecule has 0 aromatic heterocycles. The molecule has 0 bridgehead atoms. The van der Waals surface area contributed by atoms with Crippen molar-refractivity contribution < 1.29 is 4.74 Å². The highest BCUT2D eigenvalue weighted by Gasteiger charge is 2.38. The highest BCUT2D eigenvalue weighted by Crippen LogP contribution is 2.35. The molecule has 1 aromatic rings. The van der Waals surface area contributed by atoms with Crippen molar-refractivity contribution in [2.75, 3.05) is 13.2 Å². The average molecular weight is 163 g/mol. The van der Waals surface area contributed by atoms with Crippen molar-refractivity contribution in [3.05, 3.63) is 35.9 Å². The predicted molar refractivity (Wildman–Crippen MR) is 47.7 cm³/mol. The van der Waals surface area contributed by atoms with Crippen LogP contribution in [0.5, 0.6) is 0 Å². The molecule has 0 unspecified atom stereocenters. The van der Waals surface area contributed by atoms with Gasteiger partial charge in [0.1, 0.15) is 5.60 Å². The molecule has 1 saturated heterocycles. The van der Waals surface area contributed by atoms with E-state index >= 15 is 0 Å². The van der Waals surface area contributed by atoms with Crippen LogP contribution in [0.1, 0.15) is 12.0 Å². The van der Waals surface area contributed by atoms with Crippen molar-refractivity contribution in [2.45, 2.75) is 12.0 Å². The Morgan fingerprint density at radius 3 is 2.42 bits per heavy atom. The van der Waals surface area contributed by atoms with E-state index in [-0.39, 0.29) is 5.60 Å². The van der Waals surface area contributed by atoms with E-state index in [1.807, 2.05) is 18.2 Å². The van der Waals surface area contributed by atoms with Gasteiger partial charge >= 0.3 is 0 Å². The summed E-state index contributed by atoms with van der Waals surface area (Å²) in [5.41, 5.74) is 6.72. The first-order valence-corrected chi connectivity index (χ1v) is 4.27. The van der Waals surface area contributed by atoms with Gasteiger partial charge in [-0.2, -0.15) is 0 Å². The van der Waals surface area contributed by atoms with Gasteiger partial charge in [0.05, 0.1) is 6.61 Å². The van der Waals surface area contributed by atoms with E-state index in [0.29, 0.717) is 6.54 Å². The summed E-state index contributed by atoms with van der Waals surface area (Å²) in [6.45, 7) is 1.42. The van der Waals surface area contributed by atoms with E-state index in [1.165, 1.54) is 5.56 Å². The third kappa shape index (κ3) is 1.04. The first-order chi connectivity index (χ1) is 5.87. The molecule has 0 amide bonds. The minimum atomic E-state index is -0.165. The first kappa shape index (κ1) is 7.77. The SMILES string of the molecule is NC[C@@]1(c2ccccc2)CCO1. The maximum atomic E-state index is 5.68. The highest BCUT2D eigenvalue weighted by molar-refractivity contribution is 5.24. The fourth-order valence-electron chi connectivity index (χ4n) is 1.60. The van der Waals surface area contributed by atoms with E-state index in [0.717, 1.165) is 13.0 Å². The number of nitrogens with two attached hydrogens (primary N) is 1. The summed E-state index contributed by atoms with van der Waals surface area (Å²) in [4.78, 5) is 0. The monoisotopic (exact) mass is 163 g/mol. The average Bonchev–Trinajstić information content (AvgIpc) is 2.05. The number of rotatable bonds is 2. The van der Waals surface area contributed by atoms with Gasteiger partial charge in [-0.1, -0.05) is 30.3 Å². The fraction of sp³-hybridized carbons (Fsp3) is 0.400. The highest BCUT2D eigenvalue weighted by atomic mass is 16.5. The normalized spacial score (nSPS) is 28.1. The van der Waals surface area contributed by atoms with Crippen molar-refractivity contribution >= 4 is 0 Å². The predicted octanol–water partition coefficient (Wildman–Crippen LogP) is 1.26. The molecule has 0 radical (unpaired) electrons. The molecule has 12 heavy (non-hydrogen) atoms. The van der Waals surface area contributed by atoms with Gasteiger partial charge in [0.25, 0.3) is 0 Å². The third-order valence-corrected chi connectivity index (χ3v) is 2.51. The van der Waals surface area contributed by atoms with Crippen molar-refractivity contribution in [2.24, 2.45) is 5.73 Å². The summed E-state index contributed by atoms with van der Waals surface area (Å²) in [5, 5.41) is 0. The zero-order valence-electron chi connectivity index (χ0n) is 6.99. The van der Waals surface area contributed by atoms with Gasteiger partial charge in [-0.25, -0.2) is 0 Å². The van der Waals surface area contributed by atoms with Crippen LogP contribution >= 0.6 is 0 Å². The quantitative estimate of drug-likeness (QED) is 0.712. The van der Waals surface area contributed by atoms with Crippen LogP contribution in [0.3, 0.4) is 0 Å². The van der Waals surface area contributed by atoms with Gasteiger partial charge in [0.2, 0.25) is 0 Å². The maximum Gasteiger partial charge on any atom is 0.107 e.